The SMILES string of the molecule is CN(C)c1ccc(C(=O)Nc2nc(-c3ccc4c(c3)OCCO4)cs2)cc1. The standard InChI is InChI=1S/C20H19N3O3S/c1-23(2)15-6-3-13(4-7-15)19(24)22-20-21-16(12-27-20)14-5-8-17-18(11-14)26-10-9-25-17/h3-8,11-12H,9-10H2,1-2H3,(H,21,22,24). The first-order valence-electron chi connectivity index (χ1n) is 8.54. The van der Waals surface area contributed by atoms with Crippen LogP contribution in [0.25, 0.3) is 11.3 Å². The van der Waals surface area contributed by atoms with Crippen molar-refractivity contribution in [2.45, 2.75) is 0 Å². The fourth-order valence-electron chi connectivity index (χ4n) is 2.75. The zero-order chi connectivity index (χ0) is 18.8. The van der Waals surface area contributed by atoms with Gasteiger partial charge in [0.15, 0.2) is 16.6 Å². The molecule has 1 amide bonds. The van der Waals surface area contributed by atoms with Crippen molar-refractivity contribution in [2.75, 3.05) is 37.5 Å². The third kappa shape index (κ3) is 3.73. The molecule has 2 heterocycles. The van der Waals surface area contributed by atoms with E-state index in [1.54, 1.807) is 12.1 Å². The zero-order valence-electron chi connectivity index (χ0n) is 15.1. The number of carbonyl (C=O) groups is 1. The minimum atomic E-state index is -0.177. The second kappa shape index (κ2) is 7.28. The molecule has 27 heavy (non-hydrogen) atoms. The maximum absolute atomic E-state index is 12.4. The summed E-state index contributed by atoms with van der Waals surface area (Å²) in [5.74, 6) is 1.29. The number of anilines is 2. The third-order valence-corrected chi connectivity index (χ3v) is 4.97. The monoisotopic (exact) mass is 381 g/mol. The van der Waals surface area contributed by atoms with Crippen LogP contribution < -0.4 is 19.7 Å². The van der Waals surface area contributed by atoms with Crippen LogP contribution >= 0.6 is 11.3 Å². The Bertz CT molecular complexity index is 967. The van der Waals surface area contributed by atoms with E-state index in [-0.39, 0.29) is 5.91 Å². The van der Waals surface area contributed by atoms with Crippen LogP contribution in [0.5, 0.6) is 11.5 Å². The lowest BCUT2D eigenvalue weighted by molar-refractivity contribution is 0.102. The number of amides is 1. The number of carbonyl (C=O) groups excluding carboxylic acids is 1. The van der Waals surface area contributed by atoms with Crippen LogP contribution in [0.3, 0.4) is 0 Å². The lowest BCUT2D eigenvalue weighted by Gasteiger charge is -2.18. The molecule has 0 aliphatic carbocycles. The Morgan fingerprint density at radius 1 is 1.07 bits per heavy atom. The van der Waals surface area contributed by atoms with Gasteiger partial charge in [0.25, 0.3) is 5.91 Å². The van der Waals surface area contributed by atoms with Gasteiger partial charge in [-0.1, -0.05) is 0 Å². The van der Waals surface area contributed by atoms with Crippen LogP contribution in [-0.2, 0) is 0 Å². The van der Waals surface area contributed by atoms with E-state index in [0.717, 1.165) is 28.4 Å². The highest BCUT2D eigenvalue weighted by molar-refractivity contribution is 7.14. The van der Waals surface area contributed by atoms with Crippen LogP contribution in [0, 0.1) is 0 Å². The normalized spacial score (nSPS) is 12.5. The highest BCUT2D eigenvalue weighted by Gasteiger charge is 2.15. The average Bonchev–Trinajstić information content (AvgIpc) is 3.16. The fraction of sp³-hybridized carbons (Fsp3) is 0.200. The molecule has 138 valence electrons. The van der Waals surface area contributed by atoms with Gasteiger partial charge in [-0.05, 0) is 42.5 Å². The van der Waals surface area contributed by atoms with Crippen LogP contribution in [-0.4, -0.2) is 38.2 Å². The molecule has 2 aromatic carbocycles. The van der Waals surface area contributed by atoms with Crippen molar-refractivity contribution >= 4 is 28.1 Å². The van der Waals surface area contributed by atoms with Crippen molar-refractivity contribution < 1.29 is 14.3 Å². The molecule has 6 nitrogen and oxygen atoms in total. The van der Waals surface area contributed by atoms with E-state index in [1.165, 1.54) is 11.3 Å². The van der Waals surface area contributed by atoms with Gasteiger partial charge in [0.05, 0.1) is 5.69 Å². The number of benzene rings is 2. The van der Waals surface area contributed by atoms with E-state index >= 15 is 0 Å². The maximum Gasteiger partial charge on any atom is 0.257 e. The van der Waals surface area contributed by atoms with Crippen molar-refractivity contribution in [2.24, 2.45) is 0 Å². The first kappa shape index (κ1) is 17.4. The smallest absolute Gasteiger partial charge is 0.257 e. The van der Waals surface area contributed by atoms with Crippen LogP contribution in [0.4, 0.5) is 10.8 Å². The Kier molecular flexibility index (Phi) is 4.68. The van der Waals surface area contributed by atoms with Crippen LogP contribution in [0.1, 0.15) is 10.4 Å². The molecular formula is C20H19N3O3S. The predicted octanol–water partition coefficient (Wildman–Crippen LogP) is 3.90. The lowest BCUT2D eigenvalue weighted by atomic mass is 10.1. The molecule has 0 bridgehead atoms. The minimum Gasteiger partial charge on any atom is -0.486 e. The van der Waals surface area contributed by atoms with Gasteiger partial charge in [-0.15, -0.1) is 11.3 Å². The third-order valence-electron chi connectivity index (χ3n) is 4.21. The van der Waals surface area contributed by atoms with Gasteiger partial charge in [0, 0.05) is 36.3 Å². The molecule has 0 unspecified atom stereocenters. The largest absolute Gasteiger partial charge is 0.486 e. The van der Waals surface area contributed by atoms with Gasteiger partial charge in [-0.25, -0.2) is 4.98 Å². The Morgan fingerprint density at radius 2 is 1.81 bits per heavy atom. The Balaban J connectivity index is 1.48. The number of aromatic nitrogens is 1. The Morgan fingerprint density at radius 3 is 2.56 bits per heavy atom. The quantitative estimate of drug-likeness (QED) is 0.743. The highest BCUT2D eigenvalue weighted by Crippen LogP contribution is 2.35. The molecule has 0 spiro atoms. The second-order valence-corrected chi connectivity index (χ2v) is 7.15. The average molecular weight is 381 g/mol. The van der Waals surface area contributed by atoms with E-state index in [1.807, 2.05) is 54.7 Å². The molecule has 4 rings (SSSR count). The number of rotatable bonds is 4. The number of fused-ring (bicyclic) bond motifs is 1. The molecule has 0 atom stereocenters. The summed E-state index contributed by atoms with van der Waals surface area (Å²) in [6, 6.07) is 13.2. The molecule has 0 radical (unpaired) electrons. The van der Waals surface area contributed by atoms with Crippen molar-refractivity contribution in [1.29, 1.82) is 0 Å². The summed E-state index contributed by atoms with van der Waals surface area (Å²) in [6.45, 7) is 1.11. The van der Waals surface area contributed by atoms with E-state index in [2.05, 4.69) is 10.3 Å². The van der Waals surface area contributed by atoms with Gasteiger partial charge in [0.1, 0.15) is 13.2 Å². The molecule has 3 aromatic rings. The van der Waals surface area contributed by atoms with Gasteiger partial charge >= 0.3 is 0 Å². The van der Waals surface area contributed by atoms with Gasteiger partial charge in [0.2, 0.25) is 0 Å². The molecule has 1 N–H and O–H groups in total. The number of ether oxygens (including phenoxy) is 2. The molecule has 7 heteroatoms. The number of hydrogen-bond donors (Lipinski definition) is 1. The molecular weight excluding hydrogens is 362 g/mol. The lowest BCUT2D eigenvalue weighted by Crippen LogP contribution is -2.15. The molecule has 0 saturated heterocycles. The second-order valence-electron chi connectivity index (χ2n) is 6.29. The fourth-order valence-corrected chi connectivity index (χ4v) is 3.46. The maximum atomic E-state index is 12.4. The summed E-state index contributed by atoms with van der Waals surface area (Å²) < 4.78 is 11.2. The summed E-state index contributed by atoms with van der Waals surface area (Å²) in [5.41, 5.74) is 3.35. The van der Waals surface area contributed by atoms with E-state index in [0.29, 0.717) is 23.9 Å². The van der Waals surface area contributed by atoms with Gasteiger partial charge in [-0.3, -0.25) is 10.1 Å². The Labute approximate surface area is 161 Å². The Hall–Kier alpha value is -3.06. The van der Waals surface area contributed by atoms with Crippen molar-refractivity contribution in [3.63, 3.8) is 0 Å². The van der Waals surface area contributed by atoms with Crippen LogP contribution in [0.2, 0.25) is 0 Å². The molecule has 1 aromatic heterocycles. The number of hydrogen-bond acceptors (Lipinski definition) is 6. The number of nitrogens with zero attached hydrogens (tertiary/aromatic N) is 2. The van der Waals surface area contributed by atoms with Gasteiger partial charge < -0.3 is 14.4 Å². The number of thiazole rings is 1. The summed E-state index contributed by atoms with van der Waals surface area (Å²) in [5, 5.41) is 5.33. The minimum absolute atomic E-state index is 0.177. The van der Waals surface area contributed by atoms with E-state index in [4.69, 9.17) is 9.47 Å². The molecule has 1 aliphatic rings. The van der Waals surface area contributed by atoms with Crippen LogP contribution in [0.15, 0.2) is 47.8 Å². The summed E-state index contributed by atoms with van der Waals surface area (Å²) in [7, 11) is 3.92. The molecule has 1 aliphatic heterocycles. The summed E-state index contributed by atoms with van der Waals surface area (Å²) in [4.78, 5) is 18.9. The van der Waals surface area contributed by atoms with Crippen molar-refractivity contribution in [3.8, 4) is 22.8 Å². The first-order valence-corrected chi connectivity index (χ1v) is 9.42. The van der Waals surface area contributed by atoms with E-state index < -0.39 is 0 Å². The van der Waals surface area contributed by atoms with Crippen molar-refractivity contribution in [3.05, 3.63) is 53.4 Å². The number of nitrogens with one attached hydrogen (secondary N) is 1. The van der Waals surface area contributed by atoms with Crippen molar-refractivity contribution in [1.82, 2.24) is 4.98 Å². The predicted molar refractivity (Wildman–Crippen MR) is 107 cm³/mol. The molecule has 0 saturated carbocycles. The summed E-state index contributed by atoms with van der Waals surface area (Å²) >= 11 is 1.39. The zero-order valence-corrected chi connectivity index (χ0v) is 15.9. The van der Waals surface area contributed by atoms with Gasteiger partial charge in [-0.2, -0.15) is 0 Å². The topological polar surface area (TPSA) is 63.7 Å². The first-order chi connectivity index (χ1) is 13.1. The highest BCUT2D eigenvalue weighted by atomic mass is 32.1. The molecule has 0 fully saturated rings. The summed E-state index contributed by atoms with van der Waals surface area (Å²) in [6.07, 6.45) is 0. The van der Waals surface area contributed by atoms with E-state index in [9.17, 15) is 4.79 Å².